The number of hydrogen-bond donors (Lipinski definition) is 1. The number of hydrogen-bond acceptors (Lipinski definition) is 6. The third-order valence-corrected chi connectivity index (χ3v) is 4.93. The van der Waals surface area contributed by atoms with E-state index in [1.165, 1.54) is 11.3 Å². The number of fused-ring (bicyclic) bond motifs is 1. The average molecular weight is 396 g/mol. The Hall–Kier alpha value is -3.13. The minimum absolute atomic E-state index is 0.0951. The fourth-order valence-corrected chi connectivity index (χ4v) is 3.64. The van der Waals surface area contributed by atoms with Crippen molar-refractivity contribution in [1.82, 2.24) is 14.8 Å². The lowest BCUT2D eigenvalue weighted by Crippen LogP contribution is -2.18. The first kappa shape index (κ1) is 18.2. The summed E-state index contributed by atoms with van der Waals surface area (Å²) >= 11 is 1.34. The van der Waals surface area contributed by atoms with Gasteiger partial charge < -0.3 is 9.15 Å². The van der Waals surface area contributed by atoms with Crippen molar-refractivity contribution in [2.75, 3.05) is 11.9 Å². The molecule has 4 rings (SSSR count). The molecule has 1 aromatic carbocycles. The van der Waals surface area contributed by atoms with Crippen LogP contribution in [0.4, 0.5) is 5.13 Å². The second-order valence-corrected chi connectivity index (χ2v) is 7.32. The molecule has 0 unspecified atom stereocenters. The maximum atomic E-state index is 12.6. The standard InChI is InChI=1S/C20H20N4O3S/c1-4-26-16-7-5-6-13-10-17(27-18(13)16)14-11-28-20(22-14)23-19(25)15-8-9-21-24(15)12(2)3/h5-12H,4H2,1-3H3,(H,22,23,25). The zero-order valence-corrected chi connectivity index (χ0v) is 16.6. The highest BCUT2D eigenvalue weighted by atomic mass is 32.1. The van der Waals surface area contributed by atoms with Gasteiger partial charge >= 0.3 is 0 Å². The molecule has 7 nitrogen and oxygen atoms in total. The number of nitrogens with zero attached hydrogens (tertiary/aromatic N) is 3. The average Bonchev–Trinajstić information content (AvgIpc) is 3.40. The highest BCUT2D eigenvalue weighted by Gasteiger charge is 2.17. The second-order valence-electron chi connectivity index (χ2n) is 6.46. The summed E-state index contributed by atoms with van der Waals surface area (Å²) in [6, 6.07) is 9.48. The molecule has 4 aromatic rings. The van der Waals surface area contributed by atoms with Gasteiger partial charge in [0.1, 0.15) is 11.4 Å². The fraction of sp³-hybridized carbons (Fsp3) is 0.250. The molecule has 0 fully saturated rings. The molecule has 0 aliphatic rings. The van der Waals surface area contributed by atoms with Crippen LogP contribution in [0.1, 0.15) is 37.3 Å². The van der Waals surface area contributed by atoms with Crippen LogP contribution in [-0.2, 0) is 0 Å². The minimum atomic E-state index is -0.240. The third kappa shape index (κ3) is 3.38. The number of nitrogens with one attached hydrogen (secondary N) is 1. The number of rotatable bonds is 6. The summed E-state index contributed by atoms with van der Waals surface area (Å²) in [6.45, 7) is 6.45. The van der Waals surface area contributed by atoms with Gasteiger partial charge in [-0.05, 0) is 39.0 Å². The Kier molecular flexibility index (Phi) is 4.87. The van der Waals surface area contributed by atoms with E-state index in [0.29, 0.717) is 40.2 Å². The van der Waals surface area contributed by atoms with Crippen LogP contribution in [0.15, 0.2) is 46.3 Å². The number of aromatic nitrogens is 3. The van der Waals surface area contributed by atoms with Crippen LogP contribution in [0, 0.1) is 0 Å². The second kappa shape index (κ2) is 7.47. The summed E-state index contributed by atoms with van der Waals surface area (Å²) in [5, 5.41) is 10.3. The van der Waals surface area contributed by atoms with Crippen molar-refractivity contribution in [2.24, 2.45) is 0 Å². The van der Waals surface area contributed by atoms with Gasteiger partial charge in [-0.15, -0.1) is 11.3 Å². The zero-order valence-electron chi connectivity index (χ0n) is 15.8. The van der Waals surface area contributed by atoms with Crippen molar-refractivity contribution in [1.29, 1.82) is 0 Å². The number of ether oxygens (including phenoxy) is 1. The maximum absolute atomic E-state index is 12.6. The Balaban J connectivity index is 1.58. The van der Waals surface area contributed by atoms with Gasteiger partial charge in [0.15, 0.2) is 22.2 Å². The lowest BCUT2D eigenvalue weighted by molar-refractivity contribution is 0.101. The molecular formula is C20H20N4O3S. The topological polar surface area (TPSA) is 82.2 Å². The molecule has 0 radical (unpaired) electrons. The lowest BCUT2D eigenvalue weighted by atomic mass is 10.2. The highest BCUT2D eigenvalue weighted by Crippen LogP contribution is 2.34. The summed E-state index contributed by atoms with van der Waals surface area (Å²) in [6.07, 6.45) is 1.62. The van der Waals surface area contributed by atoms with Crippen LogP contribution in [0.3, 0.4) is 0 Å². The van der Waals surface area contributed by atoms with Crippen LogP contribution < -0.4 is 10.1 Å². The minimum Gasteiger partial charge on any atom is -0.490 e. The van der Waals surface area contributed by atoms with E-state index < -0.39 is 0 Å². The van der Waals surface area contributed by atoms with E-state index in [1.807, 2.05) is 50.4 Å². The van der Waals surface area contributed by atoms with Gasteiger partial charge in [0, 0.05) is 23.0 Å². The molecule has 0 atom stereocenters. The molecule has 8 heteroatoms. The molecule has 144 valence electrons. The Morgan fingerprint density at radius 3 is 3.00 bits per heavy atom. The molecule has 0 spiro atoms. The fourth-order valence-electron chi connectivity index (χ4n) is 2.94. The first-order chi connectivity index (χ1) is 13.6. The van der Waals surface area contributed by atoms with E-state index in [-0.39, 0.29) is 11.9 Å². The number of carbonyl (C=O) groups is 1. The van der Waals surface area contributed by atoms with E-state index in [1.54, 1.807) is 16.9 Å². The molecule has 3 aromatic heterocycles. The third-order valence-electron chi connectivity index (χ3n) is 4.18. The number of para-hydroxylation sites is 1. The molecule has 0 aliphatic carbocycles. The summed E-state index contributed by atoms with van der Waals surface area (Å²) in [5.41, 5.74) is 1.85. The van der Waals surface area contributed by atoms with Crippen LogP contribution in [-0.4, -0.2) is 27.3 Å². The van der Waals surface area contributed by atoms with Crippen molar-refractivity contribution in [3.05, 3.63) is 47.6 Å². The normalized spacial score (nSPS) is 11.3. The molecule has 0 saturated carbocycles. The molecule has 28 heavy (non-hydrogen) atoms. The van der Waals surface area contributed by atoms with Crippen molar-refractivity contribution in [2.45, 2.75) is 26.8 Å². The first-order valence-corrected chi connectivity index (χ1v) is 9.91. The van der Waals surface area contributed by atoms with E-state index in [0.717, 1.165) is 5.39 Å². The Labute approximate surface area is 166 Å². The number of carbonyl (C=O) groups excluding carboxylic acids is 1. The summed E-state index contributed by atoms with van der Waals surface area (Å²) in [7, 11) is 0. The predicted molar refractivity (Wildman–Crippen MR) is 109 cm³/mol. The van der Waals surface area contributed by atoms with Crippen molar-refractivity contribution >= 4 is 33.3 Å². The summed E-state index contributed by atoms with van der Waals surface area (Å²) < 4.78 is 13.3. The van der Waals surface area contributed by atoms with E-state index >= 15 is 0 Å². The largest absolute Gasteiger partial charge is 0.490 e. The van der Waals surface area contributed by atoms with Gasteiger partial charge in [0.25, 0.3) is 5.91 Å². The summed E-state index contributed by atoms with van der Waals surface area (Å²) in [4.78, 5) is 17.1. The van der Waals surface area contributed by atoms with Crippen molar-refractivity contribution < 1.29 is 13.9 Å². The van der Waals surface area contributed by atoms with Crippen molar-refractivity contribution in [3.63, 3.8) is 0 Å². The van der Waals surface area contributed by atoms with Gasteiger partial charge in [-0.2, -0.15) is 5.10 Å². The number of amides is 1. The number of furan rings is 1. The molecule has 0 saturated heterocycles. The van der Waals surface area contributed by atoms with Crippen LogP contribution in [0.5, 0.6) is 5.75 Å². The first-order valence-electron chi connectivity index (χ1n) is 9.03. The lowest BCUT2D eigenvalue weighted by Gasteiger charge is -2.09. The van der Waals surface area contributed by atoms with Gasteiger partial charge in [0.2, 0.25) is 0 Å². The Morgan fingerprint density at radius 1 is 1.36 bits per heavy atom. The predicted octanol–water partition coefficient (Wildman–Crippen LogP) is 4.98. The monoisotopic (exact) mass is 396 g/mol. The highest BCUT2D eigenvalue weighted by molar-refractivity contribution is 7.14. The molecular weight excluding hydrogens is 376 g/mol. The van der Waals surface area contributed by atoms with Crippen LogP contribution in [0.25, 0.3) is 22.4 Å². The number of benzene rings is 1. The van der Waals surface area contributed by atoms with Crippen molar-refractivity contribution in [3.8, 4) is 17.2 Å². The maximum Gasteiger partial charge on any atom is 0.275 e. The van der Waals surface area contributed by atoms with Gasteiger partial charge in [-0.25, -0.2) is 4.98 Å². The molecule has 1 N–H and O–H groups in total. The van der Waals surface area contributed by atoms with Gasteiger partial charge in [0.05, 0.1) is 6.61 Å². The van der Waals surface area contributed by atoms with Crippen LogP contribution in [0.2, 0.25) is 0 Å². The zero-order chi connectivity index (χ0) is 19.7. The van der Waals surface area contributed by atoms with E-state index in [4.69, 9.17) is 9.15 Å². The molecule has 0 aliphatic heterocycles. The number of thiazole rings is 1. The summed E-state index contributed by atoms with van der Waals surface area (Å²) in [5.74, 6) is 1.10. The van der Waals surface area contributed by atoms with Gasteiger partial charge in [-0.1, -0.05) is 12.1 Å². The molecule has 3 heterocycles. The smallest absolute Gasteiger partial charge is 0.275 e. The Bertz CT molecular complexity index is 1130. The Morgan fingerprint density at radius 2 is 2.21 bits per heavy atom. The van der Waals surface area contributed by atoms with Gasteiger partial charge in [-0.3, -0.25) is 14.8 Å². The SMILES string of the molecule is CCOc1cccc2cc(-c3csc(NC(=O)c4ccnn4C(C)C)n3)oc12. The van der Waals surface area contributed by atoms with E-state index in [2.05, 4.69) is 15.4 Å². The number of anilines is 1. The molecule has 0 bridgehead atoms. The quantitative estimate of drug-likeness (QED) is 0.497. The van der Waals surface area contributed by atoms with E-state index in [9.17, 15) is 4.79 Å². The van der Waals surface area contributed by atoms with Crippen LogP contribution >= 0.6 is 11.3 Å². The molecule has 1 amide bonds.